The number of hydrogen-bond acceptors (Lipinski definition) is 11. The molecule has 1 saturated heterocycles. The SMILES string of the molecule is C#CCON=C(C(=O)NC1C(=O)N2C(C(=O)O)=C(S/C=C\c3cccnc3)CS[C@@H]12)c1csc(NC=O)n1. The molecule has 0 bridgehead atoms. The number of carboxylic acids is 1. The Morgan fingerprint density at radius 3 is 3.00 bits per heavy atom. The number of fused-ring (bicyclic) bond motifs is 1. The van der Waals surface area contributed by atoms with Crippen LogP contribution in [0.25, 0.3) is 6.08 Å². The van der Waals surface area contributed by atoms with Gasteiger partial charge in [0.1, 0.15) is 22.8 Å². The Morgan fingerprint density at radius 1 is 1.45 bits per heavy atom. The number of carbonyl (C=O) groups is 4. The first kappa shape index (κ1) is 26.9. The summed E-state index contributed by atoms with van der Waals surface area (Å²) in [6, 6.07) is 2.64. The van der Waals surface area contributed by atoms with Crippen molar-refractivity contribution in [3.8, 4) is 12.3 Å². The Morgan fingerprint density at radius 2 is 2.29 bits per heavy atom. The molecule has 0 saturated carbocycles. The van der Waals surface area contributed by atoms with Crippen molar-refractivity contribution in [3.05, 3.63) is 57.2 Å². The van der Waals surface area contributed by atoms with Crippen molar-refractivity contribution < 1.29 is 29.1 Å². The minimum atomic E-state index is -1.24. The highest BCUT2D eigenvalue weighted by Gasteiger charge is 2.54. The van der Waals surface area contributed by atoms with Gasteiger partial charge < -0.3 is 20.6 Å². The molecule has 0 spiro atoms. The molecule has 4 heterocycles. The van der Waals surface area contributed by atoms with E-state index < -0.39 is 29.2 Å². The van der Waals surface area contributed by atoms with Crippen molar-refractivity contribution in [3.63, 3.8) is 0 Å². The van der Waals surface area contributed by atoms with Crippen molar-refractivity contribution in [2.75, 3.05) is 17.7 Å². The molecule has 4 rings (SSSR count). The van der Waals surface area contributed by atoms with Crippen LogP contribution in [0, 0.1) is 12.3 Å². The first-order valence-corrected chi connectivity index (χ1v) is 13.5. The van der Waals surface area contributed by atoms with Crippen LogP contribution in [0.4, 0.5) is 5.13 Å². The number of amides is 3. The summed E-state index contributed by atoms with van der Waals surface area (Å²) < 4.78 is 0. The summed E-state index contributed by atoms with van der Waals surface area (Å²) in [4.78, 5) is 63.6. The second kappa shape index (κ2) is 12.4. The number of β-lactam (4-membered cyclic amide) rings is 1. The topological polar surface area (TPSA) is 163 Å². The van der Waals surface area contributed by atoms with E-state index in [1.807, 2.05) is 6.07 Å². The molecule has 2 atom stereocenters. The summed E-state index contributed by atoms with van der Waals surface area (Å²) >= 11 is 3.58. The van der Waals surface area contributed by atoms with Gasteiger partial charge in [-0.05, 0) is 23.1 Å². The second-order valence-electron chi connectivity index (χ2n) is 7.36. The number of thioether (sulfide) groups is 2. The molecule has 12 nitrogen and oxygen atoms in total. The van der Waals surface area contributed by atoms with Crippen LogP contribution in [0.15, 0.2) is 51.1 Å². The maximum absolute atomic E-state index is 13.1. The normalized spacial score (nSPS) is 18.9. The lowest BCUT2D eigenvalue weighted by molar-refractivity contribution is -0.150. The van der Waals surface area contributed by atoms with Crippen LogP contribution in [0.5, 0.6) is 0 Å². The summed E-state index contributed by atoms with van der Waals surface area (Å²) in [5.74, 6) is -0.0521. The molecule has 2 aliphatic rings. The number of terminal acetylenes is 1. The lowest BCUT2D eigenvalue weighted by atomic mass is 10.0. The Labute approximate surface area is 228 Å². The minimum absolute atomic E-state index is 0.0963. The van der Waals surface area contributed by atoms with Gasteiger partial charge in [0.05, 0.1) is 0 Å². The van der Waals surface area contributed by atoms with Gasteiger partial charge in [-0.15, -0.1) is 29.5 Å². The van der Waals surface area contributed by atoms with E-state index in [1.54, 1.807) is 29.9 Å². The third-order valence-electron chi connectivity index (χ3n) is 5.03. The number of pyridine rings is 1. The molecule has 15 heteroatoms. The Hall–Kier alpha value is -4.13. The number of aliphatic carboxylic acids is 1. The van der Waals surface area contributed by atoms with E-state index in [1.165, 1.54) is 33.8 Å². The van der Waals surface area contributed by atoms with E-state index in [0.29, 0.717) is 17.1 Å². The van der Waals surface area contributed by atoms with Gasteiger partial charge in [-0.3, -0.25) is 24.3 Å². The highest BCUT2D eigenvalue weighted by molar-refractivity contribution is 8.08. The van der Waals surface area contributed by atoms with E-state index in [9.17, 15) is 24.3 Å². The van der Waals surface area contributed by atoms with Gasteiger partial charge in [-0.2, -0.15) is 0 Å². The first-order valence-electron chi connectivity index (χ1n) is 10.7. The summed E-state index contributed by atoms with van der Waals surface area (Å²) in [5, 5.41) is 21.4. The van der Waals surface area contributed by atoms with Gasteiger partial charge in [0.15, 0.2) is 17.5 Å². The molecule has 0 aliphatic carbocycles. The zero-order valence-corrected chi connectivity index (χ0v) is 21.7. The zero-order chi connectivity index (χ0) is 27.1. The van der Waals surface area contributed by atoms with Gasteiger partial charge in [0.2, 0.25) is 6.41 Å². The minimum Gasteiger partial charge on any atom is -0.477 e. The number of carboxylic acid groups (broad SMARTS) is 1. The van der Waals surface area contributed by atoms with Crippen molar-refractivity contribution >= 4 is 76.0 Å². The lowest BCUT2D eigenvalue weighted by Crippen LogP contribution is -2.71. The van der Waals surface area contributed by atoms with Crippen molar-refractivity contribution in [2.24, 2.45) is 5.16 Å². The molecular formula is C23H18N6O6S3. The fraction of sp³-hybridized carbons (Fsp3) is 0.174. The standard InChI is InChI=1S/C23H18N6O6S3/c1-2-7-35-28-16(14-10-38-23(26-14)25-12-30)19(31)27-17-20(32)29-18(22(33)34)15(11-37-21(17)29)36-8-5-13-4-3-6-24-9-13/h1,3-6,8-10,12,17,21H,7,11H2,(H,27,31)(H,33,34)(H,25,26,30)/b8-5-,28-16?/t17?,21-/m0/s1. The molecule has 2 aliphatic heterocycles. The van der Waals surface area contributed by atoms with Crippen LogP contribution >= 0.6 is 34.9 Å². The Balaban J connectivity index is 1.49. The monoisotopic (exact) mass is 570 g/mol. The summed E-state index contributed by atoms with van der Waals surface area (Å²) in [6.07, 6.45) is 10.7. The van der Waals surface area contributed by atoms with Crippen LogP contribution in [0.3, 0.4) is 0 Å². The van der Waals surface area contributed by atoms with E-state index >= 15 is 0 Å². The van der Waals surface area contributed by atoms with Gasteiger partial charge in [-0.1, -0.05) is 28.9 Å². The summed E-state index contributed by atoms with van der Waals surface area (Å²) in [5.41, 5.74) is 0.562. The number of anilines is 1. The fourth-order valence-electron chi connectivity index (χ4n) is 3.40. The Bertz CT molecular complexity index is 1380. The number of carbonyl (C=O) groups excluding carboxylic acids is 3. The zero-order valence-electron chi connectivity index (χ0n) is 19.3. The van der Waals surface area contributed by atoms with Gasteiger partial charge in [-0.25, -0.2) is 9.78 Å². The number of hydrogen-bond donors (Lipinski definition) is 3. The van der Waals surface area contributed by atoms with Crippen LogP contribution in [-0.4, -0.2) is 73.7 Å². The number of thiazole rings is 1. The molecule has 2 aromatic heterocycles. The number of oxime groups is 1. The van der Waals surface area contributed by atoms with Gasteiger partial charge >= 0.3 is 5.97 Å². The van der Waals surface area contributed by atoms with Gasteiger partial charge in [0.25, 0.3) is 11.8 Å². The van der Waals surface area contributed by atoms with E-state index in [-0.39, 0.29) is 28.8 Å². The highest BCUT2D eigenvalue weighted by atomic mass is 32.2. The molecule has 3 N–H and O–H groups in total. The lowest BCUT2D eigenvalue weighted by Gasteiger charge is -2.49. The third kappa shape index (κ3) is 5.88. The molecule has 2 aromatic rings. The Kier molecular flexibility index (Phi) is 8.79. The molecule has 0 aromatic carbocycles. The average Bonchev–Trinajstić information content (AvgIpc) is 3.38. The maximum Gasteiger partial charge on any atom is 0.353 e. The van der Waals surface area contributed by atoms with Crippen LogP contribution < -0.4 is 10.6 Å². The summed E-state index contributed by atoms with van der Waals surface area (Å²) in [7, 11) is 0. The number of nitrogens with one attached hydrogen (secondary N) is 2. The largest absolute Gasteiger partial charge is 0.477 e. The highest BCUT2D eigenvalue weighted by Crippen LogP contribution is 2.43. The smallest absolute Gasteiger partial charge is 0.353 e. The predicted molar refractivity (Wildman–Crippen MR) is 144 cm³/mol. The molecule has 0 radical (unpaired) electrons. The number of aromatic nitrogens is 2. The molecule has 3 amide bonds. The number of nitrogens with zero attached hydrogens (tertiary/aromatic N) is 4. The van der Waals surface area contributed by atoms with Gasteiger partial charge in [0, 0.05) is 28.4 Å². The molecule has 38 heavy (non-hydrogen) atoms. The molecule has 1 unspecified atom stereocenters. The van der Waals surface area contributed by atoms with Crippen molar-refractivity contribution in [2.45, 2.75) is 11.4 Å². The predicted octanol–water partition coefficient (Wildman–Crippen LogP) is 1.56. The molecule has 1 fully saturated rings. The van der Waals surface area contributed by atoms with Crippen LogP contribution in [0.1, 0.15) is 11.3 Å². The van der Waals surface area contributed by atoms with E-state index in [0.717, 1.165) is 16.9 Å². The molecule has 194 valence electrons. The third-order valence-corrected chi connectivity index (χ3v) is 8.16. The van der Waals surface area contributed by atoms with E-state index in [4.69, 9.17) is 11.3 Å². The second-order valence-corrected chi connectivity index (χ2v) is 10.3. The van der Waals surface area contributed by atoms with Crippen LogP contribution in [-0.2, 0) is 24.0 Å². The first-order chi connectivity index (χ1) is 18.4. The molecular weight excluding hydrogens is 552 g/mol. The van der Waals surface area contributed by atoms with Crippen LogP contribution in [0.2, 0.25) is 0 Å². The van der Waals surface area contributed by atoms with E-state index in [2.05, 4.69) is 31.7 Å². The number of rotatable bonds is 11. The maximum atomic E-state index is 13.1. The quantitative estimate of drug-likeness (QED) is 0.0902. The summed E-state index contributed by atoms with van der Waals surface area (Å²) in [6.45, 7) is -0.211. The average molecular weight is 571 g/mol. The van der Waals surface area contributed by atoms with Crippen molar-refractivity contribution in [1.29, 1.82) is 0 Å². The van der Waals surface area contributed by atoms with Crippen molar-refractivity contribution in [1.82, 2.24) is 20.2 Å². The fourth-order valence-corrected chi connectivity index (χ4v) is 6.41.